The Balaban J connectivity index is 1.62. The molecule has 0 atom stereocenters. The van der Waals surface area contributed by atoms with E-state index in [-0.39, 0.29) is 11.9 Å². The molecule has 0 aliphatic carbocycles. The molecule has 1 aromatic heterocycles. The summed E-state index contributed by atoms with van der Waals surface area (Å²) in [4.78, 5) is 16.5. The number of nitrogens with one attached hydrogen (secondary N) is 1. The number of carbonyl (C=O) groups excluding carboxylic acids is 1. The fourth-order valence-electron chi connectivity index (χ4n) is 3.37. The van der Waals surface area contributed by atoms with Gasteiger partial charge < -0.3 is 14.8 Å². The van der Waals surface area contributed by atoms with E-state index >= 15 is 0 Å². The molecule has 180 valence electrons. The minimum absolute atomic E-state index is 0.0759. The van der Waals surface area contributed by atoms with Gasteiger partial charge in [-0.05, 0) is 54.1 Å². The third kappa shape index (κ3) is 6.12. The zero-order valence-electron chi connectivity index (χ0n) is 19.3. The van der Waals surface area contributed by atoms with Crippen LogP contribution in [0.1, 0.15) is 18.9 Å². The van der Waals surface area contributed by atoms with Crippen LogP contribution in [0.5, 0.6) is 11.8 Å². The SMILES string of the molecule is CCC(=O)Nc1cccc(-n2nc(OCCc3ccc(OC)cc3)nc2-c2ccc(Cl)c(Cl)c2)c1. The molecule has 0 saturated heterocycles. The average Bonchev–Trinajstić information content (AvgIpc) is 3.30. The minimum Gasteiger partial charge on any atom is -0.497 e. The standard InChI is InChI=1S/C26H24Cl2N4O3/c1-3-24(33)29-19-5-4-6-20(16-19)32-25(18-9-12-22(27)23(28)15-18)30-26(31-32)35-14-13-17-7-10-21(34-2)11-8-17/h4-12,15-16H,3,13-14H2,1-2H3,(H,29,33). The average molecular weight is 511 g/mol. The Morgan fingerprint density at radius 3 is 2.54 bits per heavy atom. The van der Waals surface area contributed by atoms with Crippen LogP contribution in [0.4, 0.5) is 5.69 Å². The highest BCUT2D eigenvalue weighted by Gasteiger charge is 2.16. The highest BCUT2D eigenvalue weighted by Crippen LogP contribution is 2.30. The smallest absolute Gasteiger partial charge is 0.336 e. The van der Waals surface area contributed by atoms with Crippen molar-refractivity contribution in [2.75, 3.05) is 19.0 Å². The molecule has 0 radical (unpaired) electrons. The molecule has 0 fully saturated rings. The maximum atomic E-state index is 11.9. The van der Waals surface area contributed by atoms with Crippen LogP contribution in [-0.4, -0.2) is 34.4 Å². The molecule has 0 saturated carbocycles. The number of rotatable bonds is 9. The molecule has 7 nitrogen and oxygen atoms in total. The number of halogens is 2. The van der Waals surface area contributed by atoms with E-state index in [0.717, 1.165) is 16.9 Å². The largest absolute Gasteiger partial charge is 0.497 e. The normalized spacial score (nSPS) is 10.7. The van der Waals surface area contributed by atoms with Crippen LogP contribution in [0.25, 0.3) is 17.1 Å². The van der Waals surface area contributed by atoms with Crippen LogP contribution in [-0.2, 0) is 11.2 Å². The number of methoxy groups -OCH3 is 1. The van der Waals surface area contributed by atoms with Crippen LogP contribution in [0.3, 0.4) is 0 Å². The maximum Gasteiger partial charge on any atom is 0.336 e. The molecule has 9 heteroatoms. The van der Waals surface area contributed by atoms with Crippen LogP contribution in [0.15, 0.2) is 66.7 Å². The van der Waals surface area contributed by atoms with Crippen molar-refractivity contribution < 1.29 is 14.3 Å². The van der Waals surface area contributed by atoms with E-state index in [1.807, 2.05) is 54.6 Å². The molecular formula is C26H24Cl2N4O3. The number of aromatic nitrogens is 3. The Bertz CT molecular complexity index is 1320. The van der Waals surface area contributed by atoms with Gasteiger partial charge in [0.15, 0.2) is 5.82 Å². The summed E-state index contributed by atoms with van der Waals surface area (Å²) >= 11 is 12.4. The minimum atomic E-state index is -0.0759. The summed E-state index contributed by atoms with van der Waals surface area (Å²) in [5.41, 5.74) is 3.19. The lowest BCUT2D eigenvalue weighted by atomic mass is 10.1. The van der Waals surface area contributed by atoms with Gasteiger partial charge in [-0.2, -0.15) is 4.98 Å². The molecule has 1 N–H and O–H groups in total. The van der Waals surface area contributed by atoms with Crippen molar-refractivity contribution in [3.8, 4) is 28.8 Å². The predicted octanol–water partition coefficient (Wildman–Crippen LogP) is 6.22. The number of hydrogen-bond acceptors (Lipinski definition) is 5. The van der Waals surface area contributed by atoms with Gasteiger partial charge in [-0.15, -0.1) is 5.10 Å². The Kier molecular flexibility index (Phi) is 7.90. The van der Waals surface area contributed by atoms with Gasteiger partial charge in [0.1, 0.15) is 5.75 Å². The molecule has 1 heterocycles. The highest BCUT2D eigenvalue weighted by molar-refractivity contribution is 6.42. The van der Waals surface area contributed by atoms with E-state index in [9.17, 15) is 4.79 Å². The first-order valence-electron chi connectivity index (χ1n) is 11.1. The summed E-state index contributed by atoms with van der Waals surface area (Å²) in [5, 5.41) is 8.30. The van der Waals surface area contributed by atoms with Crippen LogP contribution in [0.2, 0.25) is 10.0 Å². The topological polar surface area (TPSA) is 78.3 Å². The van der Waals surface area contributed by atoms with Gasteiger partial charge in [0.05, 0.1) is 29.4 Å². The lowest BCUT2D eigenvalue weighted by molar-refractivity contribution is -0.115. The first kappa shape index (κ1) is 24.6. The maximum absolute atomic E-state index is 11.9. The Labute approximate surface area is 213 Å². The molecule has 0 aliphatic heterocycles. The van der Waals surface area contributed by atoms with Crippen LogP contribution < -0.4 is 14.8 Å². The van der Waals surface area contributed by atoms with Gasteiger partial charge in [-0.1, -0.05) is 48.3 Å². The summed E-state index contributed by atoms with van der Waals surface area (Å²) in [6.45, 7) is 2.19. The second-order valence-corrected chi connectivity index (χ2v) is 8.47. The summed E-state index contributed by atoms with van der Waals surface area (Å²) < 4.78 is 12.8. The number of benzene rings is 3. The van der Waals surface area contributed by atoms with Crippen molar-refractivity contribution >= 4 is 34.8 Å². The summed E-state index contributed by atoms with van der Waals surface area (Å²) in [7, 11) is 1.64. The summed E-state index contributed by atoms with van der Waals surface area (Å²) in [6.07, 6.45) is 1.06. The second kappa shape index (κ2) is 11.3. The first-order chi connectivity index (χ1) is 17.0. The van der Waals surface area contributed by atoms with E-state index in [4.69, 9.17) is 32.7 Å². The lowest BCUT2D eigenvalue weighted by Gasteiger charge is -2.09. The molecule has 0 spiro atoms. The number of nitrogens with zero attached hydrogens (tertiary/aromatic N) is 3. The summed E-state index contributed by atoms with van der Waals surface area (Å²) in [5.74, 6) is 1.26. The molecule has 0 aliphatic rings. The second-order valence-electron chi connectivity index (χ2n) is 7.66. The molecule has 4 rings (SSSR count). The Morgan fingerprint density at radius 2 is 1.83 bits per heavy atom. The molecule has 0 bridgehead atoms. The monoisotopic (exact) mass is 510 g/mol. The van der Waals surface area contributed by atoms with E-state index in [1.165, 1.54) is 0 Å². The van der Waals surface area contributed by atoms with Crippen molar-refractivity contribution in [1.29, 1.82) is 0 Å². The first-order valence-corrected chi connectivity index (χ1v) is 11.8. The highest BCUT2D eigenvalue weighted by atomic mass is 35.5. The number of anilines is 1. The number of hydrogen-bond donors (Lipinski definition) is 1. The molecular weight excluding hydrogens is 487 g/mol. The van der Waals surface area contributed by atoms with Crippen molar-refractivity contribution in [2.45, 2.75) is 19.8 Å². The fraction of sp³-hybridized carbons (Fsp3) is 0.192. The van der Waals surface area contributed by atoms with Gasteiger partial charge in [0, 0.05) is 24.1 Å². The Hall–Kier alpha value is -3.55. The van der Waals surface area contributed by atoms with Gasteiger partial charge in [-0.3, -0.25) is 4.79 Å². The van der Waals surface area contributed by atoms with Gasteiger partial charge >= 0.3 is 6.01 Å². The van der Waals surface area contributed by atoms with Gasteiger partial charge in [-0.25, -0.2) is 4.68 Å². The van der Waals surface area contributed by atoms with Gasteiger partial charge in [0.25, 0.3) is 0 Å². The van der Waals surface area contributed by atoms with E-state index in [1.54, 1.807) is 30.8 Å². The third-order valence-corrected chi connectivity index (χ3v) is 5.98. The molecule has 1 amide bonds. The zero-order valence-corrected chi connectivity index (χ0v) is 20.8. The fourth-order valence-corrected chi connectivity index (χ4v) is 3.67. The van der Waals surface area contributed by atoms with Crippen molar-refractivity contribution in [3.63, 3.8) is 0 Å². The zero-order chi connectivity index (χ0) is 24.8. The number of amides is 1. The van der Waals surface area contributed by atoms with E-state index < -0.39 is 0 Å². The predicted molar refractivity (Wildman–Crippen MR) is 138 cm³/mol. The molecule has 0 unspecified atom stereocenters. The number of carbonyl (C=O) groups is 1. The van der Waals surface area contributed by atoms with Gasteiger partial charge in [0.2, 0.25) is 5.91 Å². The molecule has 3 aromatic carbocycles. The number of ether oxygens (including phenoxy) is 2. The van der Waals surface area contributed by atoms with E-state index in [0.29, 0.717) is 46.7 Å². The Morgan fingerprint density at radius 1 is 1.03 bits per heavy atom. The lowest BCUT2D eigenvalue weighted by Crippen LogP contribution is -2.10. The van der Waals surface area contributed by atoms with Crippen LogP contribution in [0, 0.1) is 0 Å². The van der Waals surface area contributed by atoms with Crippen molar-refractivity contribution in [2.24, 2.45) is 0 Å². The quantitative estimate of drug-likeness (QED) is 0.289. The van der Waals surface area contributed by atoms with Crippen LogP contribution >= 0.6 is 23.2 Å². The third-order valence-electron chi connectivity index (χ3n) is 5.24. The summed E-state index contributed by atoms with van der Waals surface area (Å²) in [6, 6.07) is 20.6. The van der Waals surface area contributed by atoms with Crippen molar-refractivity contribution in [1.82, 2.24) is 14.8 Å². The molecule has 4 aromatic rings. The van der Waals surface area contributed by atoms with Crippen molar-refractivity contribution in [3.05, 3.63) is 82.3 Å². The molecule has 35 heavy (non-hydrogen) atoms. The van der Waals surface area contributed by atoms with E-state index in [2.05, 4.69) is 15.4 Å².